The number of aromatic nitrogens is 6. The van der Waals surface area contributed by atoms with Gasteiger partial charge in [0, 0.05) is 75.4 Å². The summed E-state index contributed by atoms with van der Waals surface area (Å²) in [6, 6.07) is 4.89. The van der Waals surface area contributed by atoms with Gasteiger partial charge in [0.2, 0.25) is 0 Å². The van der Waals surface area contributed by atoms with Gasteiger partial charge in [-0.2, -0.15) is 13.2 Å². The monoisotopic (exact) mass is 707 g/mol. The highest BCUT2D eigenvalue weighted by Crippen LogP contribution is 2.44. The first-order valence-corrected chi connectivity index (χ1v) is 17.6. The summed E-state index contributed by atoms with van der Waals surface area (Å²) in [5.74, 6) is 0.445. The lowest BCUT2D eigenvalue weighted by Gasteiger charge is -2.44. The molecule has 1 atom stereocenters. The second kappa shape index (κ2) is 14.0. The number of H-pyrrole nitrogens is 1. The minimum atomic E-state index is -4.59. The smallest absolute Gasteiger partial charge is 0.433 e. The van der Waals surface area contributed by atoms with Crippen molar-refractivity contribution in [3.05, 3.63) is 42.0 Å². The van der Waals surface area contributed by atoms with Gasteiger partial charge in [-0.3, -0.25) is 9.69 Å². The number of methoxy groups -OCH3 is 1. The molecule has 4 aromatic heterocycles. The number of halogens is 3. The van der Waals surface area contributed by atoms with Crippen LogP contribution in [0.15, 0.2) is 30.6 Å². The summed E-state index contributed by atoms with van der Waals surface area (Å²) in [4.78, 5) is 43.9. The molecule has 1 saturated heterocycles. The van der Waals surface area contributed by atoms with Crippen LogP contribution in [0.4, 0.5) is 24.7 Å². The van der Waals surface area contributed by atoms with Gasteiger partial charge in [0.05, 0.1) is 30.4 Å². The number of pyridine rings is 2. The van der Waals surface area contributed by atoms with E-state index in [2.05, 4.69) is 31.6 Å². The summed E-state index contributed by atoms with van der Waals surface area (Å²) in [7, 11) is 3.70. The molecule has 0 unspecified atom stereocenters. The van der Waals surface area contributed by atoms with E-state index >= 15 is 0 Å². The van der Waals surface area contributed by atoms with Crippen molar-refractivity contribution in [3.63, 3.8) is 0 Å². The first-order chi connectivity index (χ1) is 24.4. The molecule has 272 valence electrons. The maximum atomic E-state index is 14.0. The van der Waals surface area contributed by atoms with Crippen LogP contribution in [0.25, 0.3) is 33.9 Å². The van der Waals surface area contributed by atoms with E-state index in [1.165, 1.54) is 0 Å². The molecule has 2 aliphatic carbocycles. The van der Waals surface area contributed by atoms with E-state index in [1.807, 2.05) is 13.1 Å². The second-order valence-corrected chi connectivity index (χ2v) is 14.5. The van der Waals surface area contributed by atoms with Gasteiger partial charge >= 0.3 is 12.1 Å². The van der Waals surface area contributed by atoms with Gasteiger partial charge in [-0.15, -0.1) is 0 Å². The van der Waals surface area contributed by atoms with Crippen molar-refractivity contribution >= 4 is 28.6 Å². The lowest BCUT2D eigenvalue weighted by molar-refractivity contribution is -0.141. The van der Waals surface area contributed by atoms with E-state index in [9.17, 15) is 18.0 Å². The highest BCUT2D eigenvalue weighted by molar-refractivity contribution is 5.91. The fraction of sp³-hybridized carbons (Fsp3) is 0.556. The lowest BCUT2D eigenvalue weighted by atomic mass is 9.69. The largest absolute Gasteiger partial charge is 0.481 e. The molecule has 0 spiro atoms. The quantitative estimate of drug-likeness (QED) is 0.169. The van der Waals surface area contributed by atoms with Crippen LogP contribution in [-0.4, -0.2) is 105 Å². The fourth-order valence-corrected chi connectivity index (χ4v) is 7.47. The van der Waals surface area contributed by atoms with Crippen LogP contribution in [0.1, 0.15) is 69.2 Å². The molecule has 0 aromatic carbocycles. The van der Waals surface area contributed by atoms with Crippen molar-refractivity contribution in [2.45, 2.75) is 70.0 Å². The lowest BCUT2D eigenvalue weighted by Crippen LogP contribution is -2.52. The molecule has 2 saturated carbocycles. The number of hydrogen-bond donors (Lipinski definition) is 2. The van der Waals surface area contributed by atoms with E-state index < -0.39 is 17.8 Å². The third-order valence-corrected chi connectivity index (χ3v) is 10.5. The first kappa shape index (κ1) is 35.1. The Balaban J connectivity index is 1.19. The van der Waals surface area contributed by atoms with Crippen molar-refractivity contribution in [1.82, 2.24) is 34.8 Å². The Morgan fingerprint density at radius 3 is 2.53 bits per heavy atom. The molecule has 3 fully saturated rings. The number of nitrogens with zero attached hydrogens (tertiary/aromatic N) is 8. The zero-order valence-electron chi connectivity index (χ0n) is 29.2. The highest BCUT2D eigenvalue weighted by Gasteiger charge is 2.39. The Labute approximate surface area is 294 Å². The summed E-state index contributed by atoms with van der Waals surface area (Å²) in [6.45, 7) is 6.48. The summed E-state index contributed by atoms with van der Waals surface area (Å²) < 4.78 is 47.6. The first-order valence-electron chi connectivity index (χ1n) is 17.6. The van der Waals surface area contributed by atoms with Crippen molar-refractivity contribution in [1.29, 1.82) is 0 Å². The Hall–Kier alpha value is -4.37. The number of rotatable bonds is 13. The van der Waals surface area contributed by atoms with Crippen molar-refractivity contribution < 1.29 is 27.8 Å². The number of nitrogens with one attached hydrogen (secondary N) is 1. The molecule has 4 aromatic rings. The number of imidazole rings is 1. The Kier molecular flexibility index (Phi) is 9.61. The number of hydrogen-bond acceptors (Lipinski definition) is 10. The van der Waals surface area contributed by atoms with Crippen LogP contribution in [-0.2, 0) is 15.7 Å². The number of fused-ring (bicyclic) bond motifs is 1. The van der Waals surface area contributed by atoms with E-state index in [1.54, 1.807) is 25.6 Å². The highest BCUT2D eigenvalue weighted by atomic mass is 19.4. The van der Waals surface area contributed by atoms with Gasteiger partial charge in [0.1, 0.15) is 22.7 Å². The van der Waals surface area contributed by atoms with Crippen LogP contribution in [0.5, 0.6) is 0 Å². The molecule has 12 nitrogen and oxygen atoms in total. The third-order valence-electron chi connectivity index (χ3n) is 10.5. The number of carboxylic acids is 1. The number of anilines is 2. The topological polar surface area (TPSA) is 136 Å². The zero-order valence-corrected chi connectivity index (χ0v) is 29.2. The van der Waals surface area contributed by atoms with Gasteiger partial charge < -0.3 is 24.6 Å². The molecular weight excluding hydrogens is 663 g/mol. The Morgan fingerprint density at radius 1 is 1.10 bits per heavy atom. The maximum absolute atomic E-state index is 14.0. The van der Waals surface area contributed by atoms with Crippen LogP contribution >= 0.6 is 0 Å². The normalized spacial score (nSPS) is 19.3. The molecule has 1 aliphatic heterocycles. The number of aliphatic carboxylic acids is 1. The molecule has 3 aliphatic rings. The van der Waals surface area contributed by atoms with E-state index in [-0.39, 0.29) is 23.8 Å². The predicted octanol–water partition coefficient (Wildman–Crippen LogP) is 6.00. The van der Waals surface area contributed by atoms with E-state index in [0.717, 1.165) is 75.9 Å². The summed E-state index contributed by atoms with van der Waals surface area (Å²) >= 11 is 0. The average Bonchev–Trinajstić information content (AvgIpc) is 3.85. The molecule has 7 rings (SSSR count). The molecule has 0 bridgehead atoms. The van der Waals surface area contributed by atoms with Gasteiger partial charge in [-0.05, 0) is 63.8 Å². The van der Waals surface area contributed by atoms with Gasteiger partial charge in [-0.1, -0.05) is 6.42 Å². The SMILES string of the molecule is COCC1(CN(C)c2cc(-c3cc(C4CC4)nc(C(F)(F)F)c3)nc3nc(-c4cnc(N5CCN(CCCC(=O)O)[C@H](C)C5)cn4)[nH]c23)CCC1. The van der Waals surface area contributed by atoms with Crippen LogP contribution in [0.3, 0.4) is 0 Å². The zero-order chi connectivity index (χ0) is 35.9. The minimum Gasteiger partial charge on any atom is -0.481 e. The fourth-order valence-electron chi connectivity index (χ4n) is 7.47. The van der Waals surface area contributed by atoms with E-state index in [4.69, 9.17) is 29.8 Å². The number of alkyl halides is 3. The maximum Gasteiger partial charge on any atom is 0.433 e. The molecule has 15 heteroatoms. The number of ether oxygens (including phenoxy) is 1. The van der Waals surface area contributed by atoms with Crippen molar-refractivity contribution in [3.8, 4) is 22.8 Å². The van der Waals surface area contributed by atoms with Gasteiger partial charge in [0.25, 0.3) is 0 Å². The second-order valence-electron chi connectivity index (χ2n) is 14.5. The molecule has 0 radical (unpaired) electrons. The van der Waals surface area contributed by atoms with Crippen molar-refractivity contribution in [2.24, 2.45) is 5.41 Å². The Bertz CT molecular complexity index is 1880. The summed E-state index contributed by atoms with van der Waals surface area (Å²) in [6.07, 6.45) is 4.42. The van der Waals surface area contributed by atoms with Crippen LogP contribution in [0.2, 0.25) is 0 Å². The van der Waals surface area contributed by atoms with Crippen LogP contribution in [0, 0.1) is 5.41 Å². The van der Waals surface area contributed by atoms with Gasteiger partial charge in [-0.25, -0.2) is 24.9 Å². The minimum absolute atomic E-state index is 0.00979. The number of aromatic amines is 1. The van der Waals surface area contributed by atoms with E-state index in [0.29, 0.717) is 59.2 Å². The molecule has 5 heterocycles. The number of piperazine rings is 1. The number of carboxylic acid groups (broad SMARTS) is 1. The standard InChI is InChI=1S/C36H44F3N9O3/c1-22-19-48(13-12-47(22)11-4-6-31(49)50)30-18-40-27(17-41-30)33-44-32-28(46(2)20-35(21-51-3)9-5-10-35)16-26(43-34(32)45-33)24-14-25(23-7-8-23)42-29(15-24)36(37,38)39/h14-18,22-23H,4-13,19-21H2,1-3H3,(H,49,50)(H,43,44,45)/t22-/m1/s1. The Morgan fingerprint density at radius 2 is 1.90 bits per heavy atom. The average molecular weight is 708 g/mol. The van der Waals surface area contributed by atoms with Crippen LogP contribution < -0.4 is 9.80 Å². The molecule has 2 N–H and O–H groups in total. The van der Waals surface area contributed by atoms with Gasteiger partial charge in [0.15, 0.2) is 11.5 Å². The summed E-state index contributed by atoms with van der Waals surface area (Å²) in [5, 5.41) is 8.98. The molecule has 51 heavy (non-hydrogen) atoms. The van der Waals surface area contributed by atoms with Crippen molar-refractivity contribution in [2.75, 3.05) is 63.3 Å². The number of carbonyl (C=O) groups is 1. The molecular formula is C36H44F3N9O3. The summed E-state index contributed by atoms with van der Waals surface area (Å²) in [5.41, 5.74) is 2.59. The third kappa shape index (κ3) is 7.64. The molecule has 0 amide bonds. The predicted molar refractivity (Wildman–Crippen MR) is 187 cm³/mol.